The molecule has 0 amide bonds. The predicted molar refractivity (Wildman–Crippen MR) is 85.9 cm³/mol. The summed E-state index contributed by atoms with van der Waals surface area (Å²) in [5.41, 5.74) is 2.99. The van der Waals surface area contributed by atoms with Crippen LogP contribution >= 0.6 is 15.9 Å². The third-order valence-corrected chi connectivity index (χ3v) is 3.73. The van der Waals surface area contributed by atoms with Crippen LogP contribution in [0.15, 0.2) is 22.8 Å². The topological polar surface area (TPSA) is 50.7 Å². The van der Waals surface area contributed by atoms with Crippen molar-refractivity contribution >= 4 is 21.7 Å². The SMILES string of the molecule is CCCc1nc(-c2cc(C)ccn2)nc(NCC)c1Br. The molecule has 2 aromatic rings. The van der Waals surface area contributed by atoms with Gasteiger partial charge in [0.05, 0.1) is 10.2 Å². The van der Waals surface area contributed by atoms with E-state index in [-0.39, 0.29) is 0 Å². The minimum Gasteiger partial charge on any atom is -0.369 e. The van der Waals surface area contributed by atoms with Crippen LogP contribution in [-0.2, 0) is 6.42 Å². The van der Waals surface area contributed by atoms with Gasteiger partial charge in [0.25, 0.3) is 0 Å². The summed E-state index contributed by atoms with van der Waals surface area (Å²) in [6, 6.07) is 3.98. The highest BCUT2D eigenvalue weighted by Crippen LogP contribution is 2.27. The van der Waals surface area contributed by atoms with Crippen LogP contribution in [0.25, 0.3) is 11.5 Å². The Morgan fingerprint density at radius 2 is 2.05 bits per heavy atom. The molecule has 0 aliphatic heterocycles. The number of nitrogens with zero attached hydrogens (tertiary/aromatic N) is 3. The lowest BCUT2D eigenvalue weighted by molar-refractivity contribution is 0.866. The molecule has 2 heterocycles. The second kappa shape index (κ2) is 6.79. The van der Waals surface area contributed by atoms with Crippen LogP contribution in [-0.4, -0.2) is 21.5 Å². The molecule has 0 spiro atoms. The molecular weight excluding hydrogens is 316 g/mol. The molecule has 0 aliphatic rings. The number of rotatable bonds is 5. The van der Waals surface area contributed by atoms with E-state index >= 15 is 0 Å². The molecule has 0 bridgehead atoms. The summed E-state index contributed by atoms with van der Waals surface area (Å²) in [5, 5.41) is 3.27. The molecule has 5 heteroatoms. The van der Waals surface area contributed by atoms with E-state index in [1.807, 2.05) is 19.1 Å². The van der Waals surface area contributed by atoms with E-state index in [0.29, 0.717) is 5.82 Å². The Hall–Kier alpha value is -1.49. The quantitative estimate of drug-likeness (QED) is 0.897. The van der Waals surface area contributed by atoms with E-state index < -0.39 is 0 Å². The van der Waals surface area contributed by atoms with Crippen molar-refractivity contribution in [3.8, 4) is 11.5 Å². The molecule has 0 saturated carbocycles. The van der Waals surface area contributed by atoms with Gasteiger partial charge in [0, 0.05) is 12.7 Å². The zero-order valence-corrected chi connectivity index (χ0v) is 13.7. The van der Waals surface area contributed by atoms with Gasteiger partial charge in [0.1, 0.15) is 11.5 Å². The highest BCUT2D eigenvalue weighted by Gasteiger charge is 2.13. The first kappa shape index (κ1) is 14.9. The van der Waals surface area contributed by atoms with Gasteiger partial charge >= 0.3 is 0 Å². The molecule has 2 rings (SSSR count). The third kappa shape index (κ3) is 3.33. The Kier molecular flexibility index (Phi) is 5.06. The number of hydrogen-bond donors (Lipinski definition) is 1. The minimum atomic E-state index is 0.677. The lowest BCUT2D eigenvalue weighted by Gasteiger charge is -2.11. The molecule has 0 fully saturated rings. The predicted octanol–water partition coefficient (Wildman–Crippen LogP) is 3.99. The molecule has 20 heavy (non-hydrogen) atoms. The van der Waals surface area contributed by atoms with Crippen molar-refractivity contribution in [2.45, 2.75) is 33.6 Å². The van der Waals surface area contributed by atoms with Crippen LogP contribution in [0.2, 0.25) is 0 Å². The summed E-state index contributed by atoms with van der Waals surface area (Å²) < 4.78 is 0.956. The molecule has 106 valence electrons. The summed E-state index contributed by atoms with van der Waals surface area (Å²) >= 11 is 3.60. The van der Waals surface area contributed by atoms with E-state index in [1.54, 1.807) is 6.20 Å². The van der Waals surface area contributed by atoms with Crippen LogP contribution in [0.4, 0.5) is 5.82 Å². The smallest absolute Gasteiger partial charge is 0.180 e. The van der Waals surface area contributed by atoms with Crippen molar-refractivity contribution in [1.29, 1.82) is 0 Å². The molecule has 0 aromatic carbocycles. The largest absolute Gasteiger partial charge is 0.369 e. The lowest BCUT2D eigenvalue weighted by Crippen LogP contribution is -2.06. The van der Waals surface area contributed by atoms with Crippen molar-refractivity contribution in [1.82, 2.24) is 15.0 Å². The maximum absolute atomic E-state index is 4.66. The number of pyridine rings is 1. The second-order valence-corrected chi connectivity index (χ2v) is 5.45. The van der Waals surface area contributed by atoms with E-state index in [4.69, 9.17) is 0 Å². The molecule has 0 radical (unpaired) electrons. The highest BCUT2D eigenvalue weighted by molar-refractivity contribution is 9.10. The fourth-order valence-electron chi connectivity index (χ4n) is 1.95. The zero-order chi connectivity index (χ0) is 14.5. The van der Waals surface area contributed by atoms with E-state index in [2.05, 4.69) is 50.0 Å². The van der Waals surface area contributed by atoms with Crippen molar-refractivity contribution in [3.05, 3.63) is 34.1 Å². The number of aryl methyl sites for hydroxylation is 2. The number of anilines is 1. The summed E-state index contributed by atoms with van der Waals surface area (Å²) in [6.07, 6.45) is 3.75. The molecule has 4 nitrogen and oxygen atoms in total. The fraction of sp³-hybridized carbons (Fsp3) is 0.400. The van der Waals surface area contributed by atoms with Crippen molar-refractivity contribution in [3.63, 3.8) is 0 Å². The lowest BCUT2D eigenvalue weighted by atomic mass is 10.2. The van der Waals surface area contributed by atoms with Crippen LogP contribution < -0.4 is 5.32 Å². The number of aromatic nitrogens is 3. The first-order valence-electron chi connectivity index (χ1n) is 6.89. The Bertz CT molecular complexity index is 571. The van der Waals surface area contributed by atoms with E-state index in [1.165, 1.54) is 0 Å². The van der Waals surface area contributed by atoms with Gasteiger partial charge in [-0.3, -0.25) is 4.98 Å². The fourth-order valence-corrected chi connectivity index (χ4v) is 2.47. The maximum Gasteiger partial charge on any atom is 0.180 e. The van der Waals surface area contributed by atoms with Crippen LogP contribution in [0.3, 0.4) is 0 Å². The van der Waals surface area contributed by atoms with E-state index in [0.717, 1.165) is 46.6 Å². The number of hydrogen-bond acceptors (Lipinski definition) is 4. The van der Waals surface area contributed by atoms with Crippen LogP contribution in [0.5, 0.6) is 0 Å². The van der Waals surface area contributed by atoms with Crippen LogP contribution in [0, 0.1) is 6.92 Å². The number of nitrogens with one attached hydrogen (secondary N) is 1. The summed E-state index contributed by atoms with van der Waals surface area (Å²) in [4.78, 5) is 13.6. The van der Waals surface area contributed by atoms with Gasteiger partial charge in [0.2, 0.25) is 0 Å². The Balaban J connectivity index is 2.52. The standard InChI is InChI=1S/C15H19BrN4/c1-4-6-11-13(16)15(17-5-2)20-14(19-11)12-9-10(3)7-8-18-12/h7-9H,4-6H2,1-3H3,(H,17,19,20). The number of halogens is 1. The average molecular weight is 335 g/mol. The molecular formula is C15H19BrN4. The Morgan fingerprint density at radius 1 is 1.25 bits per heavy atom. The maximum atomic E-state index is 4.66. The zero-order valence-electron chi connectivity index (χ0n) is 12.1. The van der Waals surface area contributed by atoms with Gasteiger partial charge in [-0.2, -0.15) is 0 Å². The minimum absolute atomic E-state index is 0.677. The molecule has 0 unspecified atom stereocenters. The van der Waals surface area contributed by atoms with Gasteiger partial charge in [-0.15, -0.1) is 0 Å². The Morgan fingerprint density at radius 3 is 2.70 bits per heavy atom. The molecule has 0 atom stereocenters. The van der Waals surface area contributed by atoms with Gasteiger partial charge in [-0.25, -0.2) is 9.97 Å². The summed E-state index contributed by atoms with van der Waals surface area (Å²) in [5.74, 6) is 1.51. The van der Waals surface area contributed by atoms with Crippen LogP contribution in [0.1, 0.15) is 31.5 Å². The molecule has 1 N–H and O–H groups in total. The molecule has 0 aliphatic carbocycles. The highest BCUT2D eigenvalue weighted by atomic mass is 79.9. The summed E-state index contributed by atoms with van der Waals surface area (Å²) in [6.45, 7) is 7.06. The molecule has 2 aromatic heterocycles. The third-order valence-electron chi connectivity index (χ3n) is 2.90. The van der Waals surface area contributed by atoms with Crippen molar-refractivity contribution < 1.29 is 0 Å². The first-order valence-corrected chi connectivity index (χ1v) is 7.68. The van der Waals surface area contributed by atoms with Gasteiger partial charge < -0.3 is 5.32 Å². The van der Waals surface area contributed by atoms with Gasteiger partial charge in [-0.1, -0.05) is 13.3 Å². The van der Waals surface area contributed by atoms with E-state index in [9.17, 15) is 0 Å². The van der Waals surface area contributed by atoms with Gasteiger partial charge in [0.15, 0.2) is 5.82 Å². The Labute approximate surface area is 128 Å². The monoisotopic (exact) mass is 334 g/mol. The second-order valence-electron chi connectivity index (χ2n) is 4.66. The first-order chi connectivity index (χ1) is 9.65. The molecule has 0 saturated heterocycles. The summed E-state index contributed by atoms with van der Waals surface area (Å²) in [7, 11) is 0. The van der Waals surface area contributed by atoms with Crippen molar-refractivity contribution in [2.75, 3.05) is 11.9 Å². The average Bonchev–Trinajstić information content (AvgIpc) is 2.43. The van der Waals surface area contributed by atoms with Gasteiger partial charge in [-0.05, 0) is 53.9 Å². The van der Waals surface area contributed by atoms with Crippen molar-refractivity contribution in [2.24, 2.45) is 0 Å². The normalized spacial score (nSPS) is 10.6.